The first-order valence-electron chi connectivity index (χ1n) is 6.22. The topological polar surface area (TPSA) is 46.6 Å². The highest BCUT2D eigenvalue weighted by molar-refractivity contribution is 8.00. The van der Waals surface area contributed by atoms with Crippen molar-refractivity contribution in [1.29, 1.82) is 0 Å². The number of likely N-dealkylation sites (tertiary alicyclic amines) is 1. The van der Waals surface area contributed by atoms with E-state index in [4.69, 9.17) is 4.43 Å². The minimum Gasteiger partial charge on any atom is -0.414 e. The second-order valence-corrected chi connectivity index (χ2v) is 13.1. The van der Waals surface area contributed by atoms with Crippen molar-refractivity contribution in [2.45, 2.75) is 37.6 Å². The lowest BCUT2D eigenvalue weighted by Crippen LogP contribution is -2.27. The molecule has 0 radical (unpaired) electrons. The van der Waals surface area contributed by atoms with Crippen molar-refractivity contribution >= 4 is 40.3 Å². The molecule has 0 aromatic heterocycles. The summed E-state index contributed by atoms with van der Waals surface area (Å²) in [5, 5.41) is -0.160. The molecule has 1 saturated heterocycles. The van der Waals surface area contributed by atoms with Crippen LogP contribution < -0.4 is 0 Å². The van der Waals surface area contributed by atoms with Crippen molar-refractivity contribution in [3.8, 4) is 0 Å². The van der Waals surface area contributed by atoms with Gasteiger partial charge in [0, 0.05) is 20.1 Å². The lowest BCUT2D eigenvalue weighted by molar-refractivity contribution is -0.136. The molecule has 0 saturated carbocycles. The van der Waals surface area contributed by atoms with Crippen LogP contribution in [0.25, 0.3) is 0 Å². The van der Waals surface area contributed by atoms with Crippen LogP contribution in [0.1, 0.15) is 19.8 Å². The van der Waals surface area contributed by atoms with Gasteiger partial charge in [0.15, 0.2) is 0 Å². The first kappa shape index (κ1) is 16.2. The van der Waals surface area contributed by atoms with E-state index in [9.17, 15) is 9.59 Å². The second kappa shape index (κ2) is 7.03. The van der Waals surface area contributed by atoms with Gasteiger partial charge in [-0.3, -0.25) is 14.5 Å². The zero-order valence-corrected chi connectivity index (χ0v) is 14.2. The van der Waals surface area contributed by atoms with Crippen LogP contribution in [0, 0.1) is 0 Å². The van der Waals surface area contributed by atoms with E-state index in [1.807, 2.05) is 6.92 Å². The summed E-state index contributed by atoms with van der Waals surface area (Å²) < 4.78 is 5.72. The Kier molecular flexibility index (Phi) is 6.31. The lowest BCUT2D eigenvalue weighted by atomic mass is 10.4. The molecule has 18 heavy (non-hydrogen) atoms. The Labute approximate surface area is 116 Å². The predicted molar refractivity (Wildman–Crippen MR) is 81.0 cm³/mol. The molecule has 1 heterocycles. The maximum atomic E-state index is 11.7. The van der Waals surface area contributed by atoms with E-state index in [-0.39, 0.29) is 17.1 Å². The first-order valence-corrected chi connectivity index (χ1v) is 11.7. The molecule has 1 aliphatic rings. The Hall–Kier alpha value is 0.0969. The van der Waals surface area contributed by atoms with Gasteiger partial charge in [0.1, 0.15) is 0 Å². The molecule has 0 aromatic carbocycles. The third-order valence-corrected chi connectivity index (χ3v) is 7.91. The molecular weight excluding hydrogens is 285 g/mol. The minimum atomic E-state index is -1.58. The van der Waals surface area contributed by atoms with Crippen LogP contribution in [-0.4, -0.2) is 49.4 Å². The van der Waals surface area contributed by atoms with Gasteiger partial charge >= 0.3 is 0 Å². The maximum Gasteiger partial charge on any atom is 0.242 e. The molecule has 1 rings (SSSR count). The molecule has 0 aromatic rings. The van der Waals surface area contributed by atoms with Gasteiger partial charge in [-0.15, -0.1) is 20.5 Å². The molecule has 7 heteroatoms. The molecule has 104 valence electrons. The third-order valence-electron chi connectivity index (χ3n) is 2.95. The van der Waals surface area contributed by atoms with Crippen molar-refractivity contribution in [2.24, 2.45) is 0 Å². The molecular formula is C11H22NO3PSSi. The van der Waals surface area contributed by atoms with E-state index >= 15 is 0 Å². The molecule has 3 unspecified atom stereocenters. The number of rotatable bonds is 7. The number of thioether (sulfide) groups is 1. The van der Waals surface area contributed by atoms with Crippen LogP contribution in [0.2, 0.25) is 12.6 Å². The highest BCUT2D eigenvalue weighted by Crippen LogP contribution is 2.27. The van der Waals surface area contributed by atoms with E-state index in [0.29, 0.717) is 6.42 Å². The van der Waals surface area contributed by atoms with E-state index < -0.39 is 7.98 Å². The average Bonchev–Trinajstić information content (AvgIpc) is 2.52. The van der Waals surface area contributed by atoms with Gasteiger partial charge in [-0.25, -0.2) is 0 Å². The summed E-state index contributed by atoms with van der Waals surface area (Å²) >= 11 is 1.60. The molecule has 3 atom stereocenters. The number of amides is 2. The molecule has 0 N–H and O–H groups in total. The molecule has 0 aliphatic carbocycles. The van der Waals surface area contributed by atoms with Crippen LogP contribution in [-0.2, 0) is 14.0 Å². The SMILES string of the molecule is CCO[Si](C)(P)CCCSC1CC(=O)N(C)C1=O. The van der Waals surface area contributed by atoms with Gasteiger partial charge in [-0.05, 0) is 31.7 Å². The summed E-state index contributed by atoms with van der Waals surface area (Å²) in [5.74, 6) is 0.819. The predicted octanol–water partition coefficient (Wildman–Crippen LogP) is 1.85. The molecule has 0 bridgehead atoms. The van der Waals surface area contributed by atoms with E-state index in [0.717, 1.165) is 24.8 Å². The summed E-state index contributed by atoms with van der Waals surface area (Å²) in [6, 6.07) is 1.07. The van der Waals surface area contributed by atoms with Gasteiger partial charge in [-0.1, -0.05) is 0 Å². The number of carbonyl (C=O) groups excluding carboxylic acids is 2. The Bertz CT molecular complexity index is 327. The normalized spacial score (nSPS) is 23.6. The number of carbonyl (C=O) groups is 2. The third kappa shape index (κ3) is 4.65. The van der Waals surface area contributed by atoms with Gasteiger partial charge in [0.2, 0.25) is 19.8 Å². The summed E-state index contributed by atoms with van der Waals surface area (Å²) in [7, 11) is 2.84. The average molecular weight is 307 g/mol. The van der Waals surface area contributed by atoms with E-state index in [1.165, 1.54) is 4.90 Å². The fraction of sp³-hybridized carbons (Fsp3) is 0.818. The standard InChI is InChI=1S/C11H22NO3PSSi/c1-4-15-18(3,16)7-5-6-17-9-8-10(13)12(2)11(9)14/h9H,4-8,16H2,1-3H3. The fourth-order valence-corrected chi connectivity index (χ4v) is 6.11. The van der Waals surface area contributed by atoms with Crippen molar-refractivity contribution in [3.05, 3.63) is 0 Å². The maximum absolute atomic E-state index is 11.7. The molecule has 1 aliphatic heterocycles. The van der Waals surface area contributed by atoms with Crippen LogP contribution in [0.5, 0.6) is 0 Å². The van der Waals surface area contributed by atoms with E-state index in [1.54, 1.807) is 18.8 Å². The smallest absolute Gasteiger partial charge is 0.242 e. The van der Waals surface area contributed by atoms with Crippen molar-refractivity contribution in [1.82, 2.24) is 4.90 Å². The van der Waals surface area contributed by atoms with Crippen molar-refractivity contribution < 1.29 is 14.0 Å². The van der Waals surface area contributed by atoms with Crippen LogP contribution in [0.15, 0.2) is 0 Å². The highest BCUT2D eigenvalue weighted by Gasteiger charge is 2.36. The van der Waals surface area contributed by atoms with Crippen LogP contribution in [0.3, 0.4) is 0 Å². The van der Waals surface area contributed by atoms with Crippen molar-refractivity contribution in [3.63, 3.8) is 0 Å². The number of imide groups is 1. The van der Waals surface area contributed by atoms with Gasteiger partial charge in [0.05, 0.1) is 5.25 Å². The largest absolute Gasteiger partial charge is 0.414 e. The van der Waals surface area contributed by atoms with Crippen LogP contribution in [0.4, 0.5) is 0 Å². The lowest BCUT2D eigenvalue weighted by Gasteiger charge is -2.21. The summed E-state index contributed by atoms with van der Waals surface area (Å²) in [6.45, 7) is 4.96. The first-order chi connectivity index (χ1) is 8.37. The molecule has 1 fully saturated rings. The summed E-state index contributed by atoms with van der Waals surface area (Å²) in [5.41, 5.74) is 0. The zero-order chi connectivity index (χ0) is 13.8. The number of hydrogen-bond donors (Lipinski definition) is 0. The zero-order valence-electron chi connectivity index (χ0n) is 11.3. The minimum absolute atomic E-state index is 0.0410. The highest BCUT2D eigenvalue weighted by atomic mass is 32.2. The fourth-order valence-electron chi connectivity index (χ4n) is 1.90. The Morgan fingerprint density at radius 3 is 2.72 bits per heavy atom. The number of nitrogens with zero attached hydrogens (tertiary/aromatic N) is 1. The summed E-state index contributed by atoms with van der Waals surface area (Å²) in [6.07, 6.45) is 1.40. The van der Waals surface area contributed by atoms with Crippen molar-refractivity contribution in [2.75, 3.05) is 19.4 Å². The molecule has 0 spiro atoms. The second-order valence-electron chi connectivity index (χ2n) is 4.70. The number of hydrogen-bond acceptors (Lipinski definition) is 4. The Morgan fingerprint density at radius 1 is 1.56 bits per heavy atom. The Morgan fingerprint density at radius 2 is 2.22 bits per heavy atom. The van der Waals surface area contributed by atoms with Gasteiger partial charge in [-0.2, -0.15) is 0 Å². The van der Waals surface area contributed by atoms with Gasteiger partial charge in [0.25, 0.3) is 0 Å². The quantitative estimate of drug-likeness (QED) is 0.312. The van der Waals surface area contributed by atoms with Crippen LogP contribution >= 0.6 is 20.5 Å². The summed E-state index contributed by atoms with van der Waals surface area (Å²) in [4.78, 5) is 24.3. The monoisotopic (exact) mass is 307 g/mol. The van der Waals surface area contributed by atoms with E-state index in [2.05, 4.69) is 15.3 Å². The molecule has 4 nitrogen and oxygen atoms in total. The molecule has 2 amide bonds. The Balaban J connectivity index is 2.23. The van der Waals surface area contributed by atoms with Gasteiger partial charge < -0.3 is 4.43 Å².